The van der Waals surface area contributed by atoms with Gasteiger partial charge in [-0.05, 0) is 13.0 Å². The molecule has 0 aromatic heterocycles. The second-order valence-electron chi connectivity index (χ2n) is 3.69. The lowest BCUT2D eigenvalue weighted by Crippen LogP contribution is -2.11. The van der Waals surface area contributed by atoms with Gasteiger partial charge < -0.3 is 19.3 Å². The Labute approximate surface area is 106 Å². The standard InChI is InChI=1S/C13H18O5/c1-4-18-12(14)6-5-9-7-10(16-2)13(15)11(8-9)17-3/h5-7,9,15H,4,8H2,1-3H3/b6-5+. The van der Waals surface area contributed by atoms with Gasteiger partial charge in [0.25, 0.3) is 0 Å². The molecule has 0 aliphatic heterocycles. The van der Waals surface area contributed by atoms with Gasteiger partial charge in [0.1, 0.15) is 5.76 Å². The lowest BCUT2D eigenvalue weighted by atomic mass is 9.97. The van der Waals surface area contributed by atoms with Crippen LogP contribution in [0, 0.1) is 5.92 Å². The lowest BCUT2D eigenvalue weighted by Gasteiger charge is -2.20. The van der Waals surface area contributed by atoms with Gasteiger partial charge in [-0.2, -0.15) is 0 Å². The number of carbonyl (C=O) groups excluding carboxylic acids is 1. The van der Waals surface area contributed by atoms with Crippen molar-refractivity contribution in [3.8, 4) is 0 Å². The van der Waals surface area contributed by atoms with Crippen LogP contribution in [0.25, 0.3) is 0 Å². The molecule has 18 heavy (non-hydrogen) atoms. The summed E-state index contributed by atoms with van der Waals surface area (Å²) in [6.45, 7) is 2.09. The number of hydrogen-bond donors (Lipinski definition) is 1. The first kappa shape index (κ1) is 14.2. The third-order valence-electron chi connectivity index (χ3n) is 2.52. The summed E-state index contributed by atoms with van der Waals surface area (Å²) >= 11 is 0. The molecular formula is C13H18O5. The van der Waals surface area contributed by atoms with Crippen molar-refractivity contribution in [1.82, 2.24) is 0 Å². The van der Waals surface area contributed by atoms with E-state index >= 15 is 0 Å². The second kappa shape index (κ2) is 6.74. The van der Waals surface area contributed by atoms with Gasteiger partial charge in [0.15, 0.2) is 11.5 Å². The van der Waals surface area contributed by atoms with Gasteiger partial charge in [0.2, 0.25) is 0 Å². The number of rotatable bonds is 5. The molecule has 1 atom stereocenters. The Morgan fingerprint density at radius 2 is 2.22 bits per heavy atom. The maximum atomic E-state index is 11.2. The largest absolute Gasteiger partial charge is 0.502 e. The maximum Gasteiger partial charge on any atom is 0.330 e. The summed E-state index contributed by atoms with van der Waals surface area (Å²) in [5.41, 5.74) is 0. The molecule has 5 heteroatoms. The molecule has 1 N–H and O–H groups in total. The number of aliphatic hydroxyl groups is 1. The maximum absolute atomic E-state index is 11.2. The number of ether oxygens (including phenoxy) is 3. The molecule has 0 aromatic rings. The van der Waals surface area contributed by atoms with E-state index in [1.54, 1.807) is 19.1 Å². The van der Waals surface area contributed by atoms with Crippen LogP contribution >= 0.6 is 0 Å². The number of aliphatic hydroxyl groups excluding tert-OH is 1. The minimum absolute atomic E-state index is 0.000727. The normalized spacial score (nSPS) is 19.7. The molecular weight excluding hydrogens is 236 g/mol. The van der Waals surface area contributed by atoms with E-state index in [1.165, 1.54) is 20.3 Å². The second-order valence-corrected chi connectivity index (χ2v) is 3.69. The molecule has 0 saturated heterocycles. The third kappa shape index (κ3) is 3.55. The Hall–Kier alpha value is -1.91. The van der Waals surface area contributed by atoms with Gasteiger partial charge in [0.05, 0.1) is 20.8 Å². The molecule has 0 amide bonds. The van der Waals surface area contributed by atoms with Crippen LogP contribution in [0.15, 0.2) is 35.5 Å². The third-order valence-corrected chi connectivity index (χ3v) is 2.52. The average molecular weight is 254 g/mol. The van der Waals surface area contributed by atoms with Crippen molar-refractivity contribution < 1.29 is 24.1 Å². The first-order valence-electron chi connectivity index (χ1n) is 5.69. The number of esters is 1. The van der Waals surface area contributed by atoms with Crippen molar-refractivity contribution in [2.24, 2.45) is 5.92 Å². The zero-order valence-corrected chi connectivity index (χ0v) is 10.8. The Bertz CT molecular complexity index is 392. The molecule has 1 unspecified atom stereocenters. The molecule has 0 bridgehead atoms. The van der Waals surface area contributed by atoms with Gasteiger partial charge in [-0.3, -0.25) is 0 Å². The van der Waals surface area contributed by atoms with Crippen LogP contribution in [0.4, 0.5) is 0 Å². The number of hydrogen-bond acceptors (Lipinski definition) is 5. The summed E-state index contributed by atoms with van der Waals surface area (Å²) < 4.78 is 14.9. The van der Waals surface area contributed by atoms with Crippen molar-refractivity contribution in [3.05, 3.63) is 35.5 Å². The van der Waals surface area contributed by atoms with E-state index in [0.29, 0.717) is 24.5 Å². The highest BCUT2D eigenvalue weighted by molar-refractivity contribution is 5.81. The monoisotopic (exact) mass is 254 g/mol. The highest BCUT2D eigenvalue weighted by atomic mass is 16.5. The quantitative estimate of drug-likeness (QED) is 0.601. The number of allylic oxidation sites excluding steroid dienone is 3. The van der Waals surface area contributed by atoms with Crippen molar-refractivity contribution in [3.63, 3.8) is 0 Å². The van der Waals surface area contributed by atoms with Crippen molar-refractivity contribution in [1.29, 1.82) is 0 Å². The molecule has 0 fully saturated rings. The van der Waals surface area contributed by atoms with E-state index in [9.17, 15) is 9.90 Å². The fourth-order valence-corrected chi connectivity index (χ4v) is 1.64. The van der Waals surface area contributed by atoms with Crippen molar-refractivity contribution in [2.75, 3.05) is 20.8 Å². The smallest absolute Gasteiger partial charge is 0.330 e. The average Bonchev–Trinajstić information content (AvgIpc) is 2.37. The van der Waals surface area contributed by atoms with E-state index in [0.717, 1.165) is 0 Å². The molecule has 0 radical (unpaired) electrons. The fraction of sp³-hybridized carbons (Fsp3) is 0.462. The van der Waals surface area contributed by atoms with Crippen LogP contribution in [0.3, 0.4) is 0 Å². The van der Waals surface area contributed by atoms with Gasteiger partial charge in [-0.25, -0.2) is 4.79 Å². The summed E-state index contributed by atoms with van der Waals surface area (Å²) in [6.07, 6.45) is 5.27. The van der Waals surface area contributed by atoms with E-state index in [2.05, 4.69) is 0 Å². The van der Waals surface area contributed by atoms with Crippen LogP contribution in [-0.4, -0.2) is 31.9 Å². The molecule has 1 aliphatic carbocycles. The molecule has 1 aliphatic rings. The van der Waals surface area contributed by atoms with E-state index in [-0.39, 0.29) is 17.6 Å². The SMILES string of the molecule is CCOC(=O)/C=C/C1C=C(OC)C(O)=C(OC)C1. The van der Waals surface area contributed by atoms with Crippen LogP contribution in [-0.2, 0) is 19.0 Å². The highest BCUT2D eigenvalue weighted by Gasteiger charge is 2.22. The highest BCUT2D eigenvalue weighted by Crippen LogP contribution is 2.28. The molecule has 5 nitrogen and oxygen atoms in total. The summed E-state index contributed by atoms with van der Waals surface area (Å²) in [5, 5.41) is 9.75. The zero-order chi connectivity index (χ0) is 13.5. The van der Waals surface area contributed by atoms with Gasteiger partial charge >= 0.3 is 5.97 Å². The zero-order valence-electron chi connectivity index (χ0n) is 10.8. The minimum atomic E-state index is -0.386. The van der Waals surface area contributed by atoms with E-state index in [4.69, 9.17) is 14.2 Å². The van der Waals surface area contributed by atoms with Crippen LogP contribution in [0.5, 0.6) is 0 Å². The Kier molecular flexibility index (Phi) is 5.30. The molecule has 0 aromatic carbocycles. The fourth-order valence-electron chi connectivity index (χ4n) is 1.64. The molecule has 1 rings (SSSR count). The predicted octanol–water partition coefficient (Wildman–Crippen LogP) is 2.07. The number of methoxy groups -OCH3 is 2. The van der Waals surface area contributed by atoms with Crippen molar-refractivity contribution in [2.45, 2.75) is 13.3 Å². The van der Waals surface area contributed by atoms with E-state index in [1.807, 2.05) is 0 Å². The summed E-state index contributed by atoms with van der Waals surface area (Å²) in [6, 6.07) is 0. The molecule has 100 valence electrons. The predicted molar refractivity (Wildman–Crippen MR) is 65.6 cm³/mol. The molecule has 0 saturated carbocycles. The molecule has 0 spiro atoms. The first-order chi connectivity index (χ1) is 8.62. The van der Waals surface area contributed by atoms with Crippen LogP contribution in [0.1, 0.15) is 13.3 Å². The summed E-state index contributed by atoms with van der Waals surface area (Å²) in [5.74, 6) is 0.322. The topological polar surface area (TPSA) is 65.0 Å². The van der Waals surface area contributed by atoms with Gasteiger partial charge in [-0.15, -0.1) is 0 Å². The van der Waals surface area contributed by atoms with E-state index < -0.39 is 0 Å². The minimum Gasteiger partial charge on any atom is -0.502 e. The Morgan fingerprint density at radius 3 is 2.78 bits per heavy atom. The Morgan fingerprint density at radius 1 is 1.50 bits per heavy atom. The van der Waals surface area contributed by atoms with Gasteiger partial charge in [0, 0.05) is 18.4 Å². The molecule has 0 heterocycles. The summed E-state index contributed by atoms with van der Waals surface area (Å²) in [4.78, 5) is 11.2. The van der Waals surface area contributed by atoms with Crippen LogP contribution in [0.2, 0.25) is 0 Å². The van der Waals surface area contributed by atoms with Gasteiger partial charge in [-0.1, -0.05) is 6.08 Å². The first-order valence-corrected chi connectivity index (χ1v) is 5.69. The van der Waals surface area contributed by atoms with Crippen molar-refractivity contribution >= 4 is 5.97 Å². The Balaban J connectivity index is 2.76. The van der Waals surface area contributed by atoms with Crippen LogP contribution < -0.4 is 0 Å². The summed E-state index contributed by atoms with van der Waals surface area (Å²) in [7, 11) is 2.95. The number of carbonyl (C=O) groups is 1. The lowest BCUT2D eigenvalue weighted by molar-refractivity contribution is -0.137.